The third kappa shape index (κ3) is 76.4. The van der Waals surface area contributed by atoms with E-state index < -0.39 is 12.1 Å². The van der Waals surface area contributed by atoms with Crippen molar-refractivity contribution in [2.24, 2.45) is 0 Å². The average Bonchev–Trinajstić information content (AvgIpc) is 0.847. The van der Waals surface area contributed by atoms with Gasteiger partial charge in [-0.1, -0.05) is 253 Å². The van der Waals surface area contributed by atoms with Crippen molar-refractivity contribution in [2.45, 2.75) is 431 Å². The predicted octanol–water partition coefficient (Wildman–Crippen LogP) is 26.1. The summed E-state index contributed by atoms with van der Waals surface area (Å²) in [6.07, 6.45) is 98.8. The summed E-state index contributed by atoms with van der Waals surface area (Å²) in [6.45, 7) is 15.8. The molecule has 1 aliphatic heterocycles. The summed E-state index contributed by atoms with van der Waals surface area (Å²) in [7, 11) is 0. The van der Waals surface area contributed by atoms with E-state index in [-0.39, 0.29) is 35.7 Å². The van der Waals surface area contributed by atoms with Gasteiger partial charge in [-0.3, -0.25) is 28.8 Å². The summed E-state index contributed by atoms with van der Waals surface area (Å²) in [5.74, 6) is -0.664. The fourth-order valence-corrected chi connectivity index (χ4v) is 14.1. The third-order valence-corrected chi connectivity index (χ3v) is 21.3. The monoisotopic (exact) mass is 1580 g/mol. The van der Waals surface area contributed by atoms with E-state index in [4.69, 9.17) is 18.9 Å². The first kappa shape index (κ1) is 106. The molecule has 650 valence electrons. The lowest BCUT2D eigenvalue weighted by Crippen LogP contribution is -2.61. The number of ether oxygens (including phenoxy) is 4. The van der Waals surface area contributed by atoms with Crippen LogP contribution in [0.3, 0.4) is 0 Å². The molecule has 1 fully saturated rings. The first-order valence-electron chi connectivity index (χ1n) is 47.5. The van der Waals surface area contributed by atoms with Gasteiger partial charge in [0.05, 0.1) is 26.4 Å². The SMILES string of the molecule is CCCCC/C=C/C=C/CCCCCCCC(=O)OCCCCN(CCCCOC(=O)CCCCCCC/C=C/C/C=C/CCCCC)CCCCC1NC(=O)C(CCCCN(CCCCOC(=O)CCCCCCC/C=C/C/C=C/CCCCC)CCCCOC(=O)CCCCCCC/C=C/C/C=C/CCCCC)NC1=O. The number of piperazine rings is 1. The van der Waals surface area contributed by atoms with Crippen LogP contribution >= 0.6 is 0 Å². The molecule has 0 saturated carbocycles. The minimum absolute atomic E-state index is 0.106. The molecule has 0 aliphatic carbocycles. The summed E-state index contributed by atoms with van der Waals surface area (Å²) >= 11 is 0. The lowest BCUT2D eigenvalue weighted by molar-refractivity contribution is -0.144. The number of hydrogen-bond acceptors (Lipinski definition) is 12. The van der Waals surface area contributed by atoms with Crippen LogP contribution in [-0.4, -0.2) is 123 Å². The molecule has 1 saturated heterocycles. The number of hydrogen-bond donors (Lipinski definition) is 2. The molecule has 2 N–H and O–H groups in total. The standard InChI is InChI=1S/C99H174N4O10/c1-5-9-13-17-21-25-29-33-37-41-45-49-53-57-61-79-95(105)111-89-73-69-85-102(84-68-72-88-110-94(104)78-60-56-52-48-44-40-36-32-28-24-20-16-12-8-4)82-66-64-76-92-98(108)101-93(99(109)100-92)77-65-67-83-103(86-70-74-90-112-96(106)80-62-58-54-50-46-42-38-34-30-26-22-18-14-10-6-2)87-71-75-91-113-97(107)81-63-59-55-51-47-43-39-35-31-27-23-19-15-11-7-3/h21-28,32-39,92-93H,5-20,29-31,40-91H2,1-4H3,(H,100,109)(H,101,108)/b25-21+,26-22+,27-23+,28-24+,36-32+,37-33+,38-34+,39-35+. The molecule has 2 amide bonds. The third-order valence-electron chi connectivity index (χ3n) is 21.3. The van der Waals surface area contributed by atoms with E-state index in [9.17, 15) is 28.8 Å². The van der Waals surface area contributed by atoms with E-state index in [0.29, 0.717) is 65.0 Å². The molecule has 0 aromatic rings. The Morgan fingerprint density at radius 1 is 0.257 bits per heavy atom. The highest BCUT2D eigenvalue weighted by Gasteiger charge is 2.33. The smallest absolute Gasteiger partial charge is 0.305 e. The molecule has 0 aromatic carbocycles. The zero-order valence-corrected chi connectivity index (χ0v) is 73.6. The number of nitrogens with one attached hydrogen (secondary N) is 2. The van der Waals surface area contributed by atoms with Gasteiger partial charge in [0.1, 0.15) is 12.1 Å². The van der Waals surface area contributed by atoms with Crippen molar-refractivity contribution >= 4 is 35.7 Å². The van der Waals surface area contributed by atoms with Crippen molar-refractivity contribution in [3.05, 3.63) is 97.2 Å². The number of unbranched alkanes of at least 4 members (excludes halogenated alkanes) is 38. The van der Waals surface area contributed by atoms with Gasteiger partial charge in [0.2, 0.25) is 11.8 Å². The van der Waals surface area contributed by atoms with Crippen LogP contribution in [-0.2, 0) is 47.7 Å². The minimum Gasteiger partial charge on any atom is -0.466 e. The molecule has 14 nitrogen and oxygen atoms in total. The lowest BCUT2D eigenvalue weighted by Gasteiger charge is -2.30. The second kappa shape index (κ2) is 86.0. The zero-order valence-electron chi connectivity index (χ0n) is 73.6. The maximum absolute atomic E-state index is 13.5. The molecule has 0 spiro atoms. The van der Waals surface area contributed by atoms with Crippen molar-refractivity contribution < 1.29 is 47.7 Å². The number of nitrogens with zero attached hydrogens (tertiary/aromatic N) is 2. The predicted molar refractivity (Wildman–Crippen MR) is 478 cm³/mol. The Morgan fingerprint density at radius 3 is 0.717 bits per heavy atom. The Kier molecular flexibility index (Phi) is 80.4. The largest absolute Gasteiger partial charge is 0.466 e. The molecule has 1 rings (SSSR count). The summed E-state index contributed by atoms with van der Waals surface area (Å²) < 4.78 is 22.7. The highest BCUT2D eigenvalue weighted by molar-refractivity contribution is 5.96. The van der Waals surface area contributed by atoms with Crippen LogP contribution in [0.25, 0.3) is 0 Å². The molecule has 2 unspecified atom stereocenters. The highest BCUT2D eigenvalue weighted by Crippen LogP contribution is 2.18. The highest BCUT2D eigenvalue weighted by atomic mass is 16.5. The summed E-state index contributed by atoms with van der Waals surface area (Å²) in [6, 6.07) is -1.13. The van der Waals surface area contributed by atoms with Gasteiger partial charge in [0.15, 0.2) is 0 Å². The average molecular weight is 1580 g/mol. The van der Waals surface area contributed by atoms with Gasteiger partial charge in [0.25, 0.3) is 0 Å². The molecule has 113 heavy (non-hydrogen) atoms. The van der Waals surface area contributed by atoms with Gasteiger partial charge in [-0.05, 0) is 277 Å². The Hall–Kier alpha value is -5.34. The van der Waals surface area contributed by atoms with E-state index in [1.165, 1.54) is 148 Å². The maximum Gasteiger partial charge on any atom is 0.305 e. The Balaban J connectivity index is 2.66. The number of carbonyl (C=O) groups excluding carboxylic acids is 6. The van der Waals surface area contributed by atoms with Crippen LogP contribution in [0, 0.1) is 0 Å². The fourth-order valence-electron chi connectivity index (χ4n) is 14.1. The van der Waals surface area contributed by atoms with E-state index >= 15 is 0 Å². The zero-order chi connectivity index (χ0) is 81.5. The van der Waals surface area contributed by atoms with Crippen LogP contribution < -0.4 is 10.6 Å². The van der Waals surface area contributed by atoms with Crippen molar-refractivity contribution in [3.8, 4) is 0 Å². The van der Waals surface area contributed by atoms with Crippen LogP contribution in [0.4, 0.5) is 0 Å². The molecule has 2 atom stereocenters. The van der Waals surface area contributed by atoms with Crippen molar-refractivity contribution in [1.82, 2.24) is 20.4 Å². The normalized spacial score (nSPS) is 14.2. The molecule has 0 radical (unpaired) electrons. The van der Waals surface area contributed by atoms with Crippen molar-refractivity contribution in [3.63, 3.8) is 0 Å². The summed E-state index contributed by atoms with van der Waals surface area (Å²) in [4.78, 5) is 82.5. The quantitative estimate of drug-likeness (QED) is 0.0195. The molecule has 14 heteroatoms. The van der Waals surface area contributed by atoms with Crippen LogP contribution in [0.5, 0.6) is 0 Å². The number of allylic oxidation sites excluding steroid dienone is 16. The Bertz CT molecular complexity index is 2380. The summed E-state index contributed by atoms with van der Waals surface area (Å²) in [5.41, 5.74) is 0. The second-order valence-electron chi connectivity index (χ2n) is 32.1. The van der Waals surface area contributed by atoms with Crippen LogP contribution in [0.15, 0.2) is 97.2 Å². The lowest BCUT2D eigenvalue weighted by atomic mass is 10.0. The van der Waals surface area contributed by atoms with Crippen LogP contribution in [0.2, 0.25) is 0 Å². The Morgan fingerprint density at radius 2 is 0.469 bits per heavy atom. The van der Waals surface area contributed by atoms with E-state index in [1.807, 2.05) is 0 Å². The van der Waals surface area contributed by atoms with Crippen molar-refractivity contribution in [2.75, 3.05) is 65.7 Å². The van der Waals surface area contributed by atoms with E-state index in [0.717, 1.165) is 245 Å². The number of carbonyl (C=O) groups is 6. The topological polar surface area (TPSA) is 170 Å². The minimum atomic E-state index is -0.564. The van der Waals surface area contributed by atoms with Gasteiger partial charge in [-0.2, -0.15) is 0 Å². The molecule has 1 aliphatic rings. The van der Waals surface area contributed by atoms with Gasteiger partial charge >= 0.3 is 23.9 Å². The van der Waals surface area contributed by atoms with Crippen molar-refractivity contribution in [1.29, 1.82) is 0 Å². The fraction of sp³-hybridized carbons (Fsp3) is 0.778. The molecule has 1 heterocycles. The first-order valence-corrected chi connectivity index (χ1v) is 47.5. The van der Waals surface area contributed by atoms with Crippen LogP contribution in [0.1, 0.15) is 419 Å². The number of rotatable bonds is 85. The molecular formula is C99H174N4O10. The molecule has 0 bridgehead atoms. The van der Waals surface area contributed by atoms with E-state index in [2.05, 4.69) is 145 Å². The van der Waals surface area contributed by atoms with Gasteiger partial charge in [0, 0.05) is 25.7 Å². The number of amides is 2. The summed E-state index contributed by atoms with van der Waals surface area (Å²) in [5, 5.41) is 6.13. The Labute approximate surface area is 694 Å². The molecular weight excluding hydrogens is 1410 g/mol. The number of esters is 4. The van der Waals surface area contributed by atoms with Gasteiger partial charge < -0.3 is 39.4 Å². The van der Waals surface area contributed by atoms with Gasteiger partial charge in [-0.15, -0.1) is 0 Å². The second-order valence-corrected chi connectivity index (χ2v) is 32.1. The first-order chi connectivity index (χ1) is 55.6. The molecule has 0 aromatic heterocycles. The van der Waals surface area contributed by atoms with E-state index in [1.54, 1.807) is 0 Å². The maximum atomic E-state index is 13.5. The van der Waals surface area contributed by atoms with Gasteiger partial charge in [-0.25, -0.2) is 0 Å².